The van der Waals surface area contributed by atoms with Crippen molar-refractivity contribution in [2.75, 3.05) is 20.3 Å². The molecule has 0 saturated heterocycles. The molecule has 0 spiro atoms. The number of carbonyl (C=O) groups is 1. The fourth-order valence-corrected chi connectivity index (χ4v) is 2.61. The van der Waals surface area contributed by atoms with Gasteiger partial charge in [0, 0.05) is 0 Å². The van der Waals surface area contributed by atoms with Crippen LogP contribution in [0.25, 0.3) is 10.8 Å². The number of carbonyl (C=O) groups excluding carboxylic acids is 1. The molecule has 7 heteroatoms. The van der Waals surface area contributed by atoms with Crippen LogP contribution in [0.4, 0.5) is 0 Å². The Morgan fingerprint density at radius 2 is 1.67 bits per heavy atom. The highest BCUT2D eigenvalue weighted by atomic mass is 16.9. The van der Waals surface area contributed by atoms with Crippen LogP contribution in [0.15, 0.2) is 36.4 Å². The number of rotatable bonds is 11. The molecule has 0 saturated carbocycles. The number of fused-ring (bicyclic) bond motifs is 1. The fraction of sp³-hybridized carbons (Fsp3) is 0.450. The van der Waals surface area contributed by atoms with E-state index in [0.717, 1.165) is 41.3 Å². The van der Waals surface area contributed by atoms with Crippen LogP contribution in [0, 0.1) is 10.1 Å². The number of hydrogen-bond acceptors (Lipinski definition) is 6. The summed E-state index contributed by atoms with van der Waals surface area (Å²) in [6.07, 6.45) is 3.24. The quantitative estimate of drug-likeness (QED) is 0.250. The summed E-state index contributed by atoms with van der Waals surface area (Å²) in [5.74, 6) is 0.546. The fourth-order valence-electron chi connectivity index (χ4n) is 2.61. The molecule has 2 aromatic carbocycles. The van der Waals surface area contributed by atoms with Crippen molar-refractivity contribution in [2.45, 2.75) is 39.5 Å². The number of nitrogens with zero attached hydrogens (tertiary/aromatic N) is 1. The highest BCUT2D eigenvalue weighted by Gasteiger charge is 2.06. The molecule has 0 unspecified atom stereocenters. The number of unbranched alkanes of at least 4 members (excludes halogenated alkanes) is 3. The topological polar surface area (TPSA) is 87.9 Å². The number of benzene rings is 2. The van der Waals surface area contributed by atoms with Crippen LogP contribution in [0.3, 0.4) is 0 Å². The van der Waals surface area contributed by atoms with E-state index in [1.807, 2.05) is 36.4 Å². The summed E-state index contributed by atoms with van der Waals surface area (Å²) in [4.78, 5) is 26.1. The van der Waals surface area contributed by atoms with Crippen molar-refractivity contribution < 1.29 is 24.2 Å². The maximum atomic E-state index is 11.9. The van der Waals surface area contributed by atoms with Crippen LogP contribution in [0.5, 0.6) is 5.75 Å². The van der Waals surface area contributed by atoms with Gasteiger partial charge in [-0.15, -0.1) is 10.1 Å². The van der Waals surface area contributed by atoms with Gasteiger partial charge in [-0.2, -0.15) is 0 Å². The normalized spacial score (nSPS) is 10.1. The lowest BCUT2D eigenvalue weighted by Gasteiger charge is -2.07. The summed E-state index contributed by atoms with van der Waals surface area (Å²) < 4.78 is 10.4. The number of esters is 1. The van der Waals surface area contributed by atoms with E-state index in [0.29, 0.717) is 13.0 Å². The predicted molar refractivity (Wildman–Crippen MR) is 103 cm³/mol. The zero-order valence-electron chi connectivity index (χ0n) is 14.8. The van der Waals surface area contributed by atoms with Gasteiger partial charge in [0.05, 0.1) is 26.7 Å². The molecule has 0 fully saturated rings. The van der Waals surface area contributed by atoms with E-state index in [9.17, 15) is 14.9 Å². The van der Waals surface area contributed by atoms with Gasteiger partial charge in [0.2, 0.25) is 0 Å². The smallest absolute Gasteiger partial charge is 0.310 e. The molecule has 7 nitrogen and oxygen atoms in total. The molecule has 0 aliphatic heterocycles. The van der Waals surface area contributed by atoms with Gasteiger partial charge in [0.1, 0.15) is 5.75 Å². The minimum Gasteiger partial charge on any atom is -0.497 e. The van der Waals surface area contributed by atoms with Crippen LogP contribution < -0.4 is 4.74 Å². The van der Waals surface area contributed by atoms with E-state index < -0.39 is 5.09 Å². The molecule has 148 valence electrons. The summed E-state index contributed by atoms with van der Waals surface area (Å²) in [6.45, 7) is 0.473. The summed E-state index contributed by atoms with van der Waals surface area (Å²) in [5.41, 5.74) is 0.907. The molecule has 2 aromatic rings. The van der Waals surface area contributed by atoms with Gasteiger partial charge in [0.25, 0.3) is 5.09 Å². The molecular weight excluding hydrogens is 350 g/mol. The van der Waals surface area contributed by atoms with Crippen LogP contribution in [-0.4, -0.2) is 31.4 Å². The Bertz CT molecular complexity index is 746. The maximum absolute atomic E-state index is 11.9. The standard InChI is InChI=1S/C19H23NO6.CH4/c1-24-18-9-8-16-12-15(6-7-17(16)14-18)13-19(21)25-10-4-2-3-5-11-26-20(22)23;/h6-9,12,14H,2-5,10-11,13H2,1H3;1H4. The van der Waals surface area contributed by atoms with Crippen LogP contribution in [0.1, 0.15) is 38.7 Å². The van der Waals surface area contributed by atoms with Crippen molar-refractivity contribution in [2.24, 2.45) is 0 Å². The minimum atomic E-state index is -0.787. The molecule has 0 aromatic heterocycles. The van der Waals surface area contributed by atoms with Gasteiger partial charge in [0.15, 0.2) is 0 Å². The Balaban J connectivity index is 0.00000364. The number of ether oxygens (including phenoxy) is 2. The Hall–Kier alpha value is -2.83. The Kier molecular flexibility index (Phi) is 9.64. The first-order chi connectivity index (χ1) is 12.6. The molecule has 2 rings (SSSR count). The molecule has 0 N–H and O–H groups in total. The predicted octanol–water partition coefficient (Wildman–Crippen LogP) is 4.34. The Morgan fingerprint density at radius 1 is 1.00 bits per heavy atom. The van der Waals surface area contributed by atoms with Gasteiger partial charge in [-0.1, -0.05) is 38.1 Å². The molecule has 0 bridgehead atoms. The average molecular weight is 377 g/mol. The van der Waals surface area contributed by atoms with Gasteiger partial charge in [-0.3, -0.25) is 4.79 Å². The van der Waals surface area contributed by atoms with Gasteiger partial charge < -0.3 is 14.3 Å². The van der Waals surface area contributed by atoms with E-state index in [2.05, 4.69) is 4.84 Å². The highest BCUT2D eigenvalue weighted by Crippen LogP contribution is 2.22. The first kappa shape index (κ1) is 22.2. The SMILES string of the molecule is C.COc1ccc2cc(CC(=O)OCCCCCCO[N+](=O)[O-])ccc2c1. The molecule has 27 heavy (non-hydrogen) atoms. The molecule has 0 amide bonds. The van der Waals surface area contributed by atoms with E-state index in [1.54, 1.807) is 7.11 Å². The molecular formula is C20H27NO6. The van der Waals surface area contributed by atoms with Crippen molar-refractivity contribution in [1.29, 1.82) is 0 Å². The number of methoxy groups -OCH3 is 1. The Morgan fingerprint density at radius 3 is 2.37 bits per heavy atom. The second kappa shape index (κ2) is 11.7. The zero-order chi connectivity index (χ0) is 18.8. The van der Waals surface area contributed by atoms with Crippen molar-refractivity contribution in [3.63, 3.8) is 0 Å². The third-order valence-corrected chi connectivity index (χ3v) is 3.96. The van der Waals surface area contributed by atoms with E-state index in [1.165, 1.54) is 0 Å². The highest BCUT2D eigenvalue weighted by molar-refractivity contribution is 5.85. The second-order valence-electron chi connectivity index (χ2n) is 5.92. The van der Waals surface area contributed by atoms with E-state index in [-0.39, 0.29) is 26.4 Å². The zero-order valence-corrected chi connectivity index (χ0v) is 14.8. The van der Waals surface area contributed by atoms with Crippen LogP contribution in [0.2, 0.25) is 0 Å². The largest absolute Gasteiger partial charge is 0.497 e. The first-order valence-corrected chi connectivity index (χ1v) is 8.58. The third kappa shape index (κ3) is 7.94. The van der Waals surface area contributed by atoms with Crippen molar-refractivity contribution in [3.8, 4) is 5.75 Å². The lowest BCUT2D eigenvalue weighted by Crippen LogP contribution is -2.09. The monoisotopic (exact) mass is 377 g/mol. The van der Waals surface area contributed by atoms with E-state index in [4.69, 9.17) is 9.47 Å². The second-order valence-corrected chi connectivity index (χ2v) is 5.92. The molecule has 0 aliphatic rings. The van der Waals surface area contributed by atoms with Crippen LogP contribution in [-0.2, 0) is 20.8 Å². The summed E-state index contributed by atoms with van der Waals surface area (Å²) in [6, 6.07) is 11.7. The summed E-state index contributed by atoms with van der Waals surface area (Å²) in [7, 11) is 1.63. The lowest BCUT2D eigenvalue weighted by molar-refractivity contribution is -0.757. The van der Waals surface area contributed by atoms with Gasteiger partial charge in [-0.05, 0) is 47.7 Å². The molecule has 0 radical (unpaired) electrons. The minimum absolute atomic E-state index is 0. The van der Waals surface area contributed by atoms with Gasteiger partial charge >= 0.3 is 5.97 Å². The van der Waals surface area contributed by atoms with Crippen molar-refractivity contribution in [3.05, 3.63) is 52.1 Å². The van der Waals surface area contributed by atoms with Gasteiger partial charge in [-0.25, -0.2) is 0 Å². The average Bonchev–Trinajstić information content (AvgIpc) is 2.63. The molecule has 0 aliphatic carbocycles. The van der Waals surface area contributed by atoms with Crippen molar-refractivity contribution >= 4 is 16.7 Å². The number of hydrogen-bond donors (Lipinski definition) is 0. The Labute approximate surface area is 159 Å². The van der Waals surface area contributed by atoms with E-state index >= 15 is 0 Å². The summed E-state index contributed by atoms with van der Waals surface area (Å²) >= 11 is 0. The maximum Gasteiger partial charge on any atom is 0.310 e. The molecule has 0 heterocycles. The van der Waals surface area contributed by atoms with Crippen molar-refractivity contribution in [1.82, 2.24) is 0 Å². The lowest BCUT2D eigenvalue weighted by atomic mass is 10.0. The third-order valence-electron chi connectivity index (χ3n) is 3.96. The summed E-state index contributed by atoms with van der Waals surface area (Å²) in [5, 5.41) is 11.3. The first-order valence-electron chi connectivity index (χ1n) is 8.58. The molecule has 0 atom stereocenters. The van der Waals surface area contributed by atoms with Crippen LogP contribution >= 0.6 is 0 Å².